The minimum atomic E-state index is -0.496. The fourth-order valence-electron chi connectivity index (χ4n) is 2.25. The van der Waals surface area contributed by atoms with Gasteiger partial charge in [0, 0.05) is 12.5 Å². The van der Waals surface area contributed by atoms with Crippen molar-refractivity contribution < 1.29 is 9.31 Å². The van der Waals surface area contributed by atoms with Crippen LogP contribution in [-0.4, -0.2) is 29.5 Å². The molecule has 0 aliphatic heterocycles. The van der Waals surface area contributed by atoms with Gasteiger partial charge in [-0.05, 0) is 11.0 Å². The number of imidazole rings is 1. The van der Waals surface area contributed by atoms with Crippen LogP contribution in [0.1, 0.15) is 17.1 Å². The van der Waals surface area contributed by atoms with E-state index in [9.17, 15) is 14.5 Å². The third kappa shape index (κ3) is 3.07. The van der Waals surface area contributed by atoms with E-state index < -0.39 is 4.92 Å². The summed E-state index contributed by atoms with van der Waals surface area (Å²) in [6, 6.07) is 6.41. The highest BCUT2D eigenvalue weighted by Gasteiger charge is 2.19. The van der Waals surface area contributed by atoms with Gasteiger partial charge in [0.2, 0.25) is 0 Å². The highest BCUT2D eigenvalue weighted by atomic mass is 19.1. The number of aromatic nitrogens is 5. The molecule has 0 saturated carbocycles. The zero-order valence-corrected chi connectivity index (χ0v) is 12.3. The molecule has 0 radical (unpaired) electrons. The Balaban J connectivity index is 1.79. The molecular weight excluding hydrogens is 303 g/mol. The molecule has 0 unspecified atom stereocenters. The lowest BCUT2D eigenvalue weighted by atomic mass is 10.2. The number of hydrogen-bond acceptors (Lipinski definition) is 5. The van der Waals surface area contributed by atoms with Crippen LogP contribution >= 0.6 is 0 Å². The van der Waals surface area contributed by atoms with Crippen LogP contribution in [0.25, 0.3) is 0 Å². The van der Waals surface area contributed by atoms with E-state index in [4.69, 9.17) is 0 Å². The van der Waals surface area contributed by atoms with Gasteiger partial charge in [-0.3, -0.25) is 0 Å². The molecule has 2 heterocycles. The highest BCUT2D eigenvalue weighted by molar-refractivity contribution is 5.21. The third-order valence-corrected chi connectivity index (χ3v) is 3.42. The Morgan fingerprint density at radius 2 is 2.09 bits per heavy atom. The second kappa shape index (κ2) is 5.95. The predicted molar refractivity (Wildman–Crippen MR) is 78.2 cm³/mol. The van der Waals surface area contributed by atoms with Gasteiger partial charge < -0.3 is 10.1 Å². The van der Waals surface area contributed by atoms with Crippen LogP contribution in [0.15, 0.2) is 36.7 Å². The molecule has 0 saturated heterocycles. The maximum atomic E-state index is 13.6. The van der Waals surface area contributed by atoms with Crippen LogP contribution in [0, 0.1) is 22.9 Å². The predicted octanol–water partition coefficient (Wildman–Crippen LogP) is 1.93. The van der Waals surface area contributed by atoms with Crippen LogP contribution in [-0.2, 0) is 13.1 Å². The van der Waals surface area contributed by atoms with E-state index >= 15 is 0 Å². The lowest BCUT2D eigenvalue weighted by Gasteiger charge is -2.02. The molecule has 8 nitrogen and oxygen atoms in total. The minimum Gasteiger partial charge on any atom is -0.358 e. The Bertz CT molecular complexity index is 857. The van der Waals surface area contributed by atoms with Crippen molar-refractivity contribution in [3.8, 4) is 0 Å². The van der Waals surface area contributed by atoms with Crippen LogP contribution in [0.3, 0.4) is 0 Å². The van der Waals surface area contributed by atoms with E-state index in [1.807, 2.05) is 0 Å². The molecule has 0 fully saturated rings. The van der Waals surface area contributed by atoms with Crippen molar-refractivity contribution in [2.75, 3.05) is 0 Å². The van der Waals surface area contributed by atoms with E-state index in [2.05, 4.69) is 15.3 Å². The number of nitro groups is 1. The van der Waals surface area contributed by atoms with Gasteiger partial charge in [-0.25, -0.2) is 18.6 Å². The van der Waals surface area contributed by atoms with Crippen molar-refractivity contribution >= 4 is 5.82 Å². The topological polar surface area (TPSA) is 91.7 Å². The fraction of sp³-hybridized carbons (Fsp3) is 0.214. The average Bonchev–Trinajstić information content (AvgIpc) is 3.10. The summed E-state index contributed by atoms with van der Waals surface area (Å²) < 4.78 is 16.6. The largest absolute Gasteiger partial charge is 0.358 e. The van der Waals surface area contributed by atoms with Gasteiger partial charge in [0.1, 0.15) is 24.3 Å². The lowest BCUT2D eigenvalue weighted by Crippen LogP contribution is -2.06. The summed E-state index contributed by atoms with van der Waals surface area (Å²) in [6.45, 7) is 2.10. The van der Waals surface area contributed by atoms with Gasteiger partial charge in [-0.2, -0.15) is 0 Å². The van der Waals surface area contributed by atoms with Gasteiger partial charge in [0.25, 0.3) is 0 Å². The summed E-state index contributed by atoms with van der Waals surface area (Å²) in [7, 11) is 0. The Kier molecular flexibility index (Phi) is 3.83. The number of hydrogen-bond donors (Lipinski definition) is 0. The van der Waals surface area contributed by atoms with Crippen LogP contribution in [0.4, 0.5) is 10.2 Å². The highest BCUT2D eigenvalue weighted by Crippen LogP contribution is 2.15. The summed E-state index contributed by atoms with van der Waals surface area (Å²) in [5.74, 6) is 0.0946. The first kappa shape index (κ1) is 14.8. The quantitative estimate of drug-likeness (QED) is 0.530. The summed E-state index contributed by atoms with van der Waals surface area (Å²) in [5, 5.41) is 18.9. The normalized spacial score (nSPS) is 10.9. The van der Waals surface area contributed by atoms with Crippen molar-refractivity contribution in [1.29, 1.82) is 0 Å². The standard InChI is InChI=1S/C14H13FN6O2/c1-10-16-6-14(21(22)23)20(10)9-12-8-19(18-17-12)7-11-4-2-3-5-13(11)15/h2-6,8H,7,9H2,1H3. The van der Waals surface area contributed by atoms with E-state index in [0.717, 1.165) is 0 Å². The van der Waals surface area contributed by atoms with Gasteiger partial charge >= 0.3 is 5.82 Å². The SMILES string of the molecule is Cc1ncc([N+](=O)[O-])n1Cc1cn(Cc2ccccc2F)nn1. The second-order valence-corrected chi connectivity index (χ2v) is 5.01. The summed E-state index contributed by atoms with van der Waals surface area (Å²) in [6.07, 6.45) is 2.84. The minimum absolute atomic E-state index is 0.105. The maximum absolute atomic E-state index is 13.6. The molecule has 0 bridgehead atoms. The molecule has 118 valence electrons. The number of nitrogens with zero attached hydrogens (tertiary/aromatic N) is 6. The summed E-state index contributed by atoms with van der Waals surface area (Å²) in [4.78, 5) is 14.4. The number of rotatable bonds is 5. The van der Waals surface area contributed by atoms with Crippen molar-refractivity contribution in [1.82, 2.24) is 24.5 Å². The maximum Gasteiger partial charge on any atom is 0.343 e. The Hall–Kier alpha value is -3.10. The molecule has 3 aromatic rings. The molecule has 2 aromatic heterocycles. The van der Waals surface area contributed by atoms with Gasteiger partial charge in [0.05, 0.1) is 12.7 Å². The Morgan fingerprint density at radius 1 is 1.30 bits per heavy atom. The second-order valence-electron chi connectivity index (χ2n) is 5.01. The van der Waals surface area contributed by atoms with E-state index in [0.29, 0.717) is 17.1 Å². The molecule has 0 spiro atoms. The lowest BCUT2D eigenvalue weighted by molar-refractivity contribution is -0.392. The average molecular weight is 316 g/mol. The molecule has 0 N–H and O–H groups in total. The van der Waals surface area contributed by atoms with Crippen molar-refractivity contribution in [2.45, 2.75) is 20.0 Å². The molecule has 3 rings (SSSR count). The monoisotopic (exact) mass is 316 g/mol. The molecule has 0 aliphatic carbocycles. The Labute approximate surface area is 130 Å². The molecular formula is C14H13FN6O2. The summed E-state index contributed by atoms with van der Waals surface area (Å²) >= 11 is 0. The number of benzene rings is 1. The van der Waals surface area contributed by atoms with Crippen molar-refractivity contribution in [3.05, 3.63) is 69.7 Å². The third-order valence-electron chi connectivity index (χ3n) is 3.42. The van der Waals surface area contributed by atoms with Crippen LogP contribution in [0.2, 0.25) is 0 Å². The van der Waals surface area contributed by atoms with Crippen molar-refractivity contribution in [3.63, 3.8) is 0 Å². The molecule has 23 heavy (non-hydrogen) atoms. The summed E-state index contributed by atoms with van der Waals surface area (Å²) in [5.41, 5.74) is 1.03. The molecule has 0 aliphatic rings. The number of aryl methyl sites for hydroxylation is 1. The van der Waals surface area contributed by atoms with Gasteiger partial charge in [-0.1, -0.05) is 23.4 Å². The Morgan fingerprint density at radius 3 is 2.83 bits per heavy atom. The van der Waals surface area contributed by atoms with E-state index in [-0.39, 0.29) is 24.7 Å². The molecule has 9 heteroatoms. The zero-order valence-electron chi connectivity index (χ0n) is 12.3. The molecule has 0 atom stereocenters. The van der Waals surface area contributed by atoms with Crippen LogP contribution in [0.5, 0.6) is 0 Å². The van der Waals surface area contributed by atoms with Gasteiger partial charge in [-0.15, -0.1) is 5.10 Å². The number of halogens is 1. The molecule has 0 amide bonds. The first-order valence-electron chi connectivity index (χ1n) is 6.83. The van der Waals surface area contributed by atoms with E-state index in [1.165, 1.54) is 21.5 Å². The smallest absolute Gasteiger partial charge is 0.343 e. The van der Waals surface area contributed by atoms with Crippen LogP contribution < -0.4 is 0 Å². The van der Waals surface area contributed by atoms with Crippen molar-refractivity contribution in [2.24, 2.45) is 0 Å². The molecule has 1 aromatic carbocycles. The first-order chi connectivity index (χ1) is 11.0. The van der Waals surface area contributed by atoms with Gasteiger partial charge in [0.15, 0.2) is 5.82 Å². The fourth-order valence-corrected chi connectivity index (χ4v) is 2.25. The van der Waals surface area contributed by atoms with E-state index in [1.54, 1.807) is 31.3 Å². The zero-order chi connectivity index (χ0) is 16.4. The first-order valence-corrected chi connectivity index (χ1v) is 6.83.